The van der Waals surface area contributed by atoms with Crippen LogP contribution in [0.3, 0.4) is 0 Å². The van der Waals surface area contributed by atoms with E-state index < -0.39 is 0 Å². The van der Waals surface area contributed by atoms with Gasteiger partial charge in [0.1, 0.15) is 0 Å². The number of carbonyl (C=O) groups excluding carboxylic acids is 1. The van der Waals surface area contributed by atoms with Crippen LogP contribution in [-0.4, -0.2) is 12.3 Å². The number of nitrogens with one attached hydrogen (secondary N) is 1. The molecule has 0 bridgehead atoms. The lowest BCUT2D eigenvalue weighted by atomic mass is 9.73. The molecule has 0 spiro atoms. The molecule has 0 amide bonds. The summed E-state index contributed by atoms with van der Waals surface area (Å²) in [5, 5.41) is 4.77. The number of anilines is 2. The van der Waals surface area contributed by atoms with Crippen LogP contribution in [0.5, 0.6) is 0 Å². The smallest absolute Gasteiger partial charge is 0.163 e. The molecule has 28 heavy (non-hydrogen) atoms. The third kappa shape index (κ3) is 3.31. The summed E-state index contributed by atoms with van der Waals surface area (Å²) in [6, 6.07) is 13.5. The fourth-order valence-electron chi connectivity index (χ4n) is 4.45. The highest BCUT2D eigenvalue weighted by Crippen LogP contribution is 2.49. The Labute approximate surface area is 176 Å². The largest absolute Gasteiger partial charge is 0.359 e. The maximum absolute atomic E-state index is 13.4. The van der Waals surface area contributed by atoms with E-state index in [1.807, 2.05) is 24.3 Å². The Morgan fingerprint density at radius 2 is 1.89 bits per heavy atom. The van der Waals surface area contributed by atoms with Gasteiger partial charge >= 0.3 is 0 Å². The zero-order valence-electron chi connectivity index (χ0n) is 16.4. The van der Waals surface area contributed by atoms with Gasteiger partial charge in [-0.25, -0.2) is 0 Å². The Kier molecular flexibility index (Phi) is 4.93. The van der Waals surface area contributed by atoms with Gasteiger partial charge < -0.3 is 10.2 Å². The number of hydrogen-bond donors (Lipinski definition) is 1. The Bertz CT molecular complexity index is 980. The maximum Gasteiger partial charge on any atom is 0.163 e. The Hall–Kier alpha value is -1.97. The molecule has 1 N–H and O–H groups in total. The standard InChI is InChI=1S/C23H24Cl2N2O/c1-4-27-19-8-6-5-7-17(19)26-18-12-23(2,3)13-20(28)21(18)22(27)15-10-9-14(24)11-16(15)25/h5-11,22,26H,4,12-13H2,1-3H3. The predicted octanol–water partition coefficient (Wildman–Crippen LogP) is 6.63. The second kappa shape index (κ2) is 7.13. The summed E-state index contributed by atoms with van der Waals surface area (Å²) in [5.74, 6) is 0.182. The van der Waals surface area contributed by atoms with E-state index in [2.05, 4.69) is 43.1 Å². The molecule has 0 fully saturated rings. The molecule has 0 saturated carbocycles. The van der Waals surface area contributed by atoms with Crippen LogP contribution in [0.15, 0.2) is 53.7 Å². The number of para-hydroxylation sites is 2. The summed E-state index contributed by atoms with van der Waals surface area (Å²) >= 11 is 12.8. The summed E-state index contributed by atoms with van der Waals surface area (Å²) in [6.07, 6.45) is 1.35. The SMILES string of the molecule is CCN1c2ccccc2NC2=C(C(=O)CC(C)(C)C2)C1c1ccc(Cl)cc1Cl. The van der Waals surface area contributed by atoms with Crippen LogP contribution in [0.4, 0.5) is 11.4 Å². The van der Waals surface area contributed by atoms with E-state index in [0.717, 1.165) is 41.2 Å². The topological polar surface area (TPSA) is 32.3 Å². The number of nitrogens with zero attached hydrogens (tertiary/aromatic N) is 1. The summed E-state index contributed by atoms with van der Waals surface area (Å²) in [7, 11) is 0. The van der Waals surface area contributed by atoms with Gasteiger partial charge in [-0.3, -0.25) is 4.79 Å². The van der Waals surface area contributed by atoms with Gasteiger partial charge in [0.2, 0.25) is 0 Å². The first-order chi connectivity index (χ1) is 13.3. The number of ketones is 1. The Balaban J connectivity index is 1.99. The van der Waals surface area contributed by atoms with Crippen LogP contribution in [0.1, 0.15) is 45.2 Å². The van der Waals surface area contributed by atoms with Gasteiger partial charge in [-0.05, 0) is 48.6 Å². The van der Waals surface area contributed by atoms with E-state index in [-0.39, 0.29) is 17.2 Å². The van der Waals surface area contributed by atoms with Crippen molar-refractivity contribution in [2.24, 2.45) is 5.41 Å². The normalized spacial score (nSPS) is 21.0. The third-order valence-corrected chi connectivity index (χ3v) is 6.16. The van der Waals surface area contributed by atoms with Gasteiger partial charge in [0.15, 0.2) is 5.78 Å². The number of rotatable bonds is 2. The molecule has 1 aliphatic carbocycles. The number of benzene rings is 2. The average Bonchev–Trinajstić information content (AvgIpc) is 2.74. The lowest BCUT2D eigenvalue weighted by Crippen LogP contribution is -2.36. The lowest BCUT2D eigenvalue weighted by Gasteiger charge is -2.38. The lowest BCUT2D eigenvalue weighted by molar-refractivity contribution is -0.118. The van der Waals surface area contributed by atoms with Crippen molar-refractivity contribution in [1.29, 1.82) is 0 Å². The maximum atomic E-state index is 13.4. The monoisotopic (exact) mass is 414 g/mol. The highest BCUT2D eigenvalue weighted by molar-refractivity contribution is 6.35. The van der Waals surface area contributed by atoms with Crippen LogP contribution >= 0.6 is 23.2 Å². The number of likely N-dealkylation sites (N-methyl/N-ethyl adjacent to an activating group) is 1. The van der Waals surface area contributed by atoms with Crippen molar-refractivity contribution >= 4 is 40.4 Å². The molecule has 146 valence electrons. The molecule has 2 aromatic rings. The van der Waals surface area contributed by atoms with Gasteiger partial charge in [-0.2, -0.15) is 0 Å². The first kappa shape index (κ1) is 19.4. The summed E-state index contributed by atoms with van der Waals surface area (Å²) in [6.45, 7) is 7.15. The molecule has 5 heteroatoms. The Morgan fingerprint density at radius 3 is 2.61 bits per heavy atom. The van der Waals surface area contributed by atoms with Crippen molar-refractivity contribution in [1.82, 2.24) is 0 Å². The van der Waals surface area contributed by atoms with Crippen molar-refractivity contribution in [2.45, 2.75) is 39.7 Å². The van der Waals surface area contributed by atoms with Crippen molar-refractivity contribution in [3.05, 3.63) is 69.3 Å². The van der Waals surface area contributed by atoms with E-state index in [9.17, 15) is 4.79 Å². The number of allylic oxidation sites excluding steroid dienone is 1. The first-order valence-electron chi connectivity index (χ1n) is 9.64. The molecule has 1 unspecified atom stereocenters. The number of halogens is 2. The minimum atomic E-state index is -0.246. The zero-order chi connectivity index (χ0) is 20.1. The minimum absolute atomic E-state index is 0.0758. The van der Waals surface area contributed by atoms with Crippen LogP contribution in [0, 0.1) is 5.41 Å². The van der Waals surface area contributed by atoms with E-state index in [1.54, 1.807) is 6.07 Å². The van der Waals surface area contributed by atoms with Crippen molar-refractivity contribution < 1.29 is 4.79 Å². The molecule has 2 aromatic carbocycles. The zero-order valence-corrected chi connectivity index (χ0v) is 17.9. The summed E-state index contributed by atoms with van der Waals surface area (Å²) in [5.41, 5.74) is 4.75. The summed E-state index contributed by atoms with van der Waals surface area (Å²) in [4.78, 5) is 15.6. The molecule has 0 radical (unpaired) electrons. The number of hydrogen-bond acceptors (Lipinski definition) is 3. The fourth-order valence-corrected chi connectivity index (χ4v) is 4.96. The van der Waals surface area contributed by atoms with Crippen LogP contribution in [-0.2, 0) is 4.79 Å². The predicted molar refractivity (Wildman–Crippen MR) is 117 cm³/mol. The Morgan fingerprint density at radius 1 is 1.14 bits per heavy atom. The molecule has 1 heterocycles. The van der Waals surface area contributed by atoms with Gasteiger partial charge in [0.05, 0.1) is 17.4 Å². The molecule has 1 aliphatic heterocycles. The molecule has 0 saturated heterocycles. The van der Waals surface area contributed by atoms with Crippen LogP contribution in [0.25, 0.3) is 0 Å². The minimum Gasteiger partial charge on any atom is -0.359 e. The van der Waals surface area contributed by atoms with E-state index >= 15 is 0 Å². The van der Waals surface area contributed by atoms with Crippen molar-refractivity contribution in [2.75, 3.05) is 16.8 Å². The number of fused-ring (bicyclic) bond motifs is 1. The van der Waals surface area contributed by atoms with Gasteiger partial charge in [-0.15, -0.1) is 0 Å². The van der Waals surface area contributed by atoms with Crippen LogP contribution in [0.2, 0.25) is 10.0 Å². The van der Waals surface area contributed by atoms with Gasteiger partial charge in [0.25, 0.3) is 0 Å². The molecule has 3 nitrogen and oxygen atoms in total. The molecular formula is C23H24Cl2N2O. The van der Waals surface area contributed by atoms with Crippen molar-refractivity contribution in [3.63, 3.8) is 0 Å². The van der Waals surface area contributed by atoms with E-state index in [0.29, 0.717) is 16.5 Å². The third-order valence-electron chi connectivity index (χ3n) is 5.60. The summed E-state index contributed by atoms with van der Waals surface area (Å²) < 4.78 is 0. The number of carbonyl (C=O) groups is 1. The molecule has 0 aromatic heterocycles. The fraction of sp³-hybridized carbons (Fsp3) is 0.348. The second-order valence-corrected chi connectivity index (χ2v) is 9.17. The second-order valence-electron chi connectivity index (χ2n) is 8.33. The van der Waals surface area contributed by atoms with Crippen molar-refractivity contribution in [3.8, 4) is 0 Å². The molecular weight excluding hydrogens is 391 g/mol. The van der Waals surface area contributed by atoms with E-state index in [1.165, 1.54) is 0 Å². The average molecular weight is 415 g/mol. The molecule has 2 aliphatic rings. The number of Topliss-reactive ketones (excluding diaryl/α,β-unsaturated/α-hetero) is 1. The molecule has 4 rings (SSSR count). The molecule has 1 atom stereocenters. The van der Waals surface area contributed by atoms with Gasteiger partial charge in [-0.1, -0.05) is 55.2 Å². The van der Waals surface area contributed by atoms with Crippen LogP contribution < -0.4 is 10.2 Å². The van der Waals surface area contributed by atoms with Gasteiger partial charge in [0, 0.05) is 34.3 Å². The first-order valence-corrected chi connectivity index (χ1v) is 10.4. The quantitative estimate of drug-likeness (QED) is 0.598. The van der Waals surface area contributed by atoms with E-state index in [4.69, 9.17) is 23.2 Å². The highest BCUT2D eigenvalue weighted by atomic mass is 35.5. The highest BCUT2D eigenvalue weighted by Gasteiger charge is 2.41.